The maximum atomic E-state index is 5.51. The molecular weight excluding hydrogens is 334 g/mol. The van der Waals surface area contributed by atoms with E-state index in [2.05, 4.69) is 58.5 Å². The third kappa shape index (κ3) is 2.54. The Morgan fingerprint density at radius 3 is 2.90 bits per heavy atom. The maximum absolute atomic E-state index is 5.51. The SMILES string of the molecule is COc1cc(Br)cc(C)c1NC1CSc2ccccc21. The van der Waals surface area contributed by atoms with Crippen molar-refractivity contribution in [1.82, 2.24) is 0 Å². The van der Waals surface area contributed by atoms with Gasteiger partial charge < -0.3 is 10.1 Å². The first-order chi connectivity index (χ1) is 9.69. The summed E-state index contributed by atoms with van der Waals surface area (Å²) < 4.78 is 6.55. The van der Waals surface area contributed by atoms with Crippen molar-refractivity contribution in [2.75, 3.05) is 18.2 Å². The Morgan fingerprint density at radius 2 is 2.10 bits per heavy atom. The fourth-order valence-corrected chi connectivity index (χ4v) is 4.23. The number of rotatable bonds is 3. The van der Waals surface area contributed by atoms with Gasteiger partial charge in [-0.3, -0.25) is 0 Å². The Bertz CT molecular complexity index is 644. The fraction of sp³-hybridized carbons (Fsp3) is 0.250. The Kier molecular flexibility index (Phi) is 3.94. The van der Waals surface area contributed by atoms with Crippen LogP contribution in [0.1, 0.15) is 17.2 Å². The maximum Gasteiger partial charge on any atom is 0.143 e. The number of anilines is 1. The molecule has 104 valence electrons. The third-order valence-electron chi connectivity index (χ3n) is 3.50. The molecule has 2 aromatic rings. The fourth-order valence-electron chi connectivity index (χ4n) is 2.51. The summed E-state index contributed by atoms with van der Waals surface area (Å²) in [6.07, 6.45) is 0. The van der Waals surface area contributed by atoms with Gasteiger partial charge in [0.1, 0.15) is 5.75 Å². The van der Waals surface area contributed by atoms with Gasteiger partial charge in [-0.05, 0) is 36.2 Å². The molecule has 0 spiro atoms. The Morgan fingerprint density at radius 1 is 1.30 bits per heavy atom. The van der Waals surface area contributed by atoms with Crippen molar-refractivity contribution in [2.24, 2.45) is 0 Å². The molecule has 2 nitrogen and oxygen atoms in total. The molecule has 1 aliphatic rings. The summed E-state index contributed by atoms with van der Waals surface area (Å²) in [6, 6.07) is 13.0. The molecule has 4 heteroatoms. The summed E-state index contributed by atoms with van der Waals surface area (Å²) in [5, 5.41) is 3.65. The molecule has 0 aromatic heterocycles. The number of hydrogen-bond acceptors (Lipinski definition) is 3. The quantitative estimate of drug-likeness (QED) is 0.839. The topological polar surface area (TPSA) is 21.3 Å². The zero-order valence-electron chi connectivity index (χ0n) is 11.4. The highest BCUT2D eigenvalue weighted by molar-refractivity contribution is 9.10. The van der Waals surface area contributed by atoms with Crippen molar-refractivity contribution in [2.45, 2.75) is 17.9 Å². The van der Waals surface area contributed by atoms with Crippen LogP contribution < -0.4 is 10.1 Å². The highest BCUT2D eigenvalue weighted by atomic mass is 79.9. The lowest BCUT2D eigenvalue weighted by molar-refractivity contribution is 0.415. The molecule has 0 bridgehead atoms. The summed E-state index contributed by atoms with van der Waals surface area (Å²) in [7, 11) is 1.71. The van der Waals surface area contributed by atoms with Crippen LogP contribution in [-0.4, -0.2) is 12.9 Å². The van der Waals surface area contributed by atoms with E-state index < -0.39 is 0 Å². The largest absolute Gasteiger partial charge is 0.495 e. The van der Waals surface area contributed by atoms with E-state index in [1.807, 2.05) is 17.8 Å². The van der Waals surface area contributed by atoms with Crippen LogP contribution in [0.25, 0.3) is 0 Å². The second kappa shape index (κ2) is 5.70. The monoisotopic (exact) mass is 349 g/mol. The van der Waals surface area contributed by atoms with Gasteiger partial charge in [0, 0.05) is 15.1 Å². The van der Waals surface area contributed by atoms with Crippen LogP contribution in [0.3, 0.4) is 0 Å². The minimum Gasteiger partial charge on any atom is -0.495 e. The van der Waals surface area contributed by atoms with Gasteiger partial charge in [0.2, 0.25) is 0 Å². The number of hydrogen-bond donors (Lipinski definition) is 1. The molecule has 0 saturated carbocycles. The molecule has 1 atom stereocenters. The molecule has 0 amide bonds. The smallest absolute Gasteiger partial charge is 0.143 e. The highest BCUT2D eigenvalue weighted by Crippen LogP contribution is 2.42. The van der Waals surface area contributed by atoms with Crippen LogP contribution >= 0.6 is 27.7 Å². The van der Waals surface area contributed by atoms with E-state index in [-0.39, 0.29) is 0 Å². The van der Waals surface area contributed by atoms with Crippen LogP contribution in [0.5, 0.6) is 5.75 Å². The van der Waals surface area contributed by atoms with Crippen LogP contribution in [0.15, 0.2) is 45.8 Å². The van der Waals surface area contributed by atoms with E-state index in [9.17, 15) is 0 Å². The number of aryl methyl sites for hydroxylation is 1. The number of methoxy groups -OCH3 is 1. The molecule has 0 aliphatic carbocycles. The van der Waals surface area contributed by atoms with Crippen molar-refractivity contribution in [3.8, 4) is 5.75 Å². The zero-order chi connectivity index (χ0) is 14.1. The molecule has 0 saturated heterocycles. The molecule has 1 heterocycles. The lowest BCUT2D eigenvalue weighted by Crippen LogP contribution is -2.11. The Balaban J connectivity index is 1.93. The predicted molar refractivity (Wildman–Crippen MR) is 89.0 cm³/mol. The summed E-state index contributed by atoms with van der Waals surface area (Å²) in [4.78, 5) is 1.37. The van der Waals surface area contributed by atoms with E-state index in [1.165, 1.54) is 16.0 Å². The second-order valence-corrected chi connectivity index (χ2v) is 6.82. The minimum absolute atomic E-state index is 0.338. The summed E-state index contributed by atoms with van der Waals surface area (Å²) in [6.45, 7) is 2.10. The molecular formula is C16H16BrNOS. The van der Waals surface area contributed by atoms with E-state index in [4.69, 9.17) is 4.74 Å². The minimum atomic E-state index is 0.338. The Labute approximate surface area is 132 Å². The molecule has 20 heavy (non-hydrogen) atoms. The number of thioether (sulfide) groups is 1. The van der Waals surface area contributed by atoms with Crippen LogP contribution in [0.2, 0.25) is 0 Å². The number of benzene rings is 2. The third-order valence-corrected chi connectivity index (χ3v) is 5.14. The van der Waals surface area contributed by atoms with E-state index in [0.29, 0.717) is 6.04 Å². The first kappa shape index (κ1) is 13.8. The number of ether oxygens (including phenoxy) is 1. The number of nitrogens with one attached hydrogen (secondary N) is 1. The van der Waals surface area contributed by atoms with Crippen molar-refractivity contribution in [3.63, 3.8) is 0 Å². The zero-order valence-corrected chi connectivity index (χ0v) is 13.8. The Hall–Kier alpha value is -1.13. The van der Waals surface area contributed by atoms with Crippen molar-refractivity contribution in [1.29, 1.82) is 0 Å². The summed E-state index contributed by atoms with van der Waals surface area (Å²) >= 11 is 5.42. The lowest BCUT2D eigenvalue weighted by Gasteiger charge is -2.19. The van der Waals surface area contributed by atoms with Gasteiger partial charge in [-0.25, -0.2) is 0 Å². The average molecular weight is 350 g/mol. The molecule has 0 radical (unpaired) electrons. The van der Waals surface area contributed by atoms with Gasteiger partial charge >= 0.3 is 0 Å². The lowest BCUT2D eigenvalue weighted by atomic mass is 10.1. The van der Waals surface area contributed by atoms with Crippen LogP contribution in [0, 0.1) is 6.92 Å². The van der Waals surface area contributed by atoms with Gasteiger partial charge in [-0.15, -0.1) is 11.8 Å². The number of fused-ring (bicyclic) bond motifs is 1. The standard InChI is InChI=1S/C16H16BrNOS/c1-10-7-11(17)8-14(19-2)16(10)18-13-9-20-15-6-4-3-5-12(13)15/h3-8,13,18H,9H2,1-2H3. The average Bonchev–Trinajstić information content (AvgIpc) is 2.85. The van der Waals surface area contributed by atoms with Gasteiger partial charge in [0.25, 0.3) is 0 Å². The first-order valence-electron chi connectivity index (χ1n) is 6.51. The van der Waals surface area contributed by atoms with Gasteiger partial charge in [-0.1, -0.05) is 34.1 Å². The summed E-state index contributed by atoms with van der Waals surface area (Å²) in [5.41, 5.74) is 3.64. The first-order valence-corrected chi connectivity index (χ1v) is 8.29. The highest BCUT2D eigenvalue weighted by Gasteiger charge is 2.24. The van der Waals surface area contributed by atoms with E-state index in [0.717, 1.165) is 21.7 Å². The molecule has 1 aliphatic heterocycles. The van der Waals surface area contributed by atoms with Gasteiger partial charge in [-0.2, -0.15) is 0 Å². The van der Waals surface area contributed by atoms with Crippen LogP contribution in [0.4, 0.5) is 5.69 Å². The molecule has 2 aromatic carbocycles. The molecule has 3 rings (SSSR count). The van der Waals surface area contributed by atoms with E-state index in [1.54, 1.807) is 7.11 Å². The molecule has 1 N–H and O–H groups in total. The number of halogens is 1. The molecule has 0 fully saturated rings. The van der Waals surface area contributed by atoms with Crippen LogP contribution in [-0.2, 0) is 0 Å². The normalized spacial score (nSPS) is 16.9. The molecule has 1 unspecified atom stereocenters. The predicted octanol–water partition coefficient (Wildman–Crippen LogP) is 5.03. The van der Waals surface area contributed by atoms with E-state index >= 15 is 0 Å². The van der Waals surface area contributed by atoms with Crippen molar-refractivity contribution >= 4 is 33.4 Å². The summed E-state index contributed by atoms with van der Waals surface area (Å²) in [5.74, 6) is 1.93. The van der Waals surface area contributed by atoms with Gasteiger partial charge in [0.15, 0.2) is 0 Å². The van der Waals surface area contributed by atoms with Crippen molar-refractivity contribution < 1.29 is 4.74 Å². The van der Waals surface area contributed by atoms with Crippen molar-refractivity contribution in [3.05, 3.63) is 52.0 Å². The van der Waals surface area contributed by atoms with Gasteiger partial charge in [0.05, 0.1) is 18.8 Å². The second-order valence-electron chi connectivity index (χ2n) is 4.85.